The monoisotopic (exact) mass is 341 g/mol. The highest BCUT2D eigenvalue weighted by Crippen LogP contribution is 2.07. The molecular weight excluding hydrogens is 328 g/mol. The maximum Gasteiger partial charge on any atom is 0.410 e. The molecule has 118 valence electrons. The summed E-state index contributed by atoms with van der Waals surface area (Å²) >= 11 is 0. The fourth-order valence-electron chi connectivity index (χ4n) is 1.45. The van der Waals surface area contributed by atoms with Crippen LogP contribution in [0.2, 0.25) is 0 Å². The Bertz CT molecular complexity index is 554. The molecule has 0 saturated carbocycles. The Hall–Kier alpha value is -1.41. The summed E-state index contributed by atoms with van der Waals surface area (Å²) in [6.45, 7) is -1.46. The van der Waals surface area contributed by atoms with Gasteiger partial charge in [-0.2, -0.15) is 0 Å². The predicted octanol–water partition coefficient (Wildman–Crippen LogP) is 2.46. The summed E-state index contributed by atoms with van der Waals surface area (Å²) in [7, 11) is 1.12. The lowest BCUT2D eigenvalue weighted by Gasteiger charge is -2.21. The van der Waals surface area contributed by atoms with E-state index in [4.69, 9.17) is 15.4 Å². The zero-order chi connectivity index (χ0) is 15.9. The van der Waals surface area contributed by atoms with Gasteiger partial charge in [-0.25, -0.2) is 22.0 Å². The second-order valence-corrected chi connectivity index (χ2v) is 7.02. The van der Waals surface area contributed by atoms with Crippen LogP contribution >= 0.6 is 10.7 Å². The van der Waals surface area contributed by atoms with Crippen molar-refractivity contribution in [1.82, 2.24) is 4.90 Å². The highest BCUT2D eigenvalue weighted by molar-refractivity contribution is 8.13. The molecule has 9 heteroatoms. The van der Waals surface area contributed by atoms with Crippen LogP contribution < -0.4 is 0 Å². The molecule has 0 atom stereocenters. The standard InChI is InChI=1S/C12H14ClF2NO4S/c13-21(18,19)7-6-16(8-11(14)15)12(17)20-9-10-4-2-1-3-5-10/h1-5,11H,6-9H2. The van der Waals surface area contributed by atoms with E-state index in [1.165, 1.54) is 0 Å². The van der Waals surface area contributed by atoms with Crippen LogP contribution in [0.15, 0.2) is 30.3 Å². The summed E-state index contributed by atoms with van der Waals surface area (Å²) in [5, 5.41) is 0. The molecule has 1 amide bonds. The lowest BCUT2D eigenvalue weighted by molar-refractivity contribution is 0.0601. The van der Waals surface area contributed by atoms with Crippen LogP contribution in [-0.2, 0) is 20.4 Å². The van der Waals surface area contributed by atoms with E-state index >= 15 is 0 Å². The van der Waals surface area contributed by atoms with Crippen molar-refractivity contribution in [3.8, 4) is 0 Å². The third-order valence-electron chi connectivity index (χ3n) is 2.43. The van der Waals surface area contributed by atoms with Crippen molar-refractivity contribution < 1.29 is 26.7 Å². The summed E-state index contributed by atoms with van der Waals surface area (Å²) in [5.74, 6) is -0.623. The van der Waals surface area contributed by atoms with Gasteiger partial charge in [0.2, 0.25) is 9.05 Å². The van der Waals surface area contributed by atoms with E-state index in [9.17, 15) is 22.0 Å². The molecule has 1 aromatic rings. The number of halogens is 3. The predicted molar refractivity (Wildman–Crippen MR) is 73.8 cm³/mol. The third kappa shape index (κ3) is 7.81. The number of alkyl halides is 2. The van der Waals surface area contributed by atoms with Crippen LogP contribution in [0.3, 0.4) is 0 Å². The highest BCUT2D eigenvalue weighted by atomic mass is 35.7. The molecule has 0 aromatic heterocycles. The van der Waals surface area contributed by atoms with Gasteiger partial charge < -0.3 is 9.64 Å². The van der Waals surface area contributed by atoms with Gasteiger partial charge in [-0.05, 0) is 5.56 Å². The number of nitrogens with zero attached hydrogens (tertiary/aromatic N) is 1. The number of ether oxygens (including phenoxy) is 1. The molecule has 1 aromatic carbocycles. The smallest absolute Gasteiger partial charge is 0.410 e. The molecule has 0 heterocycles. The first-order valence-electron chi connectivity index (χ1n) is 5.94. The summed E-state index contributed by atoms with van der Waals surface area (Å²) in [5.41, 5.74) is 0.688. The third-order valence-corrected chi connectivity index (χ3v) is 3.56. The number of amides is 1. The molecule has 0 spiro atoms. The zero-order valence-corrected chi connectivity index (χ0v) is 12.5. The van der Waals surface area contributed by atoms with Crippen molar-refractivity contribution >= 4 is 25.8 Å². The van der Waals surface area contributed by atoms with Crippen LogP contribution in [0, 0.1) is 0 Å². The van der Waals surface area contributed by atoms with Gasteiger partial charge in [-0.3, -0.25) is 0 Å². The topological polar surface area (TPSA) is 63.7 Å². The molecule has 0 aliphatic rings. The van der Waals surface area contributed by atoms with Crippen molar-refractivity contribution in [3.05, 3.63) is 35.9 Å². The summed E-state index contributed by atoms with van der Waals surface area (Å²) < 4.78 is 51.3. The van der Waals surface area contributed by atoms with Gasteiger partial charge in [-0.1, -0.05) is 30.3 Å². The lowest BCUT2D eigenvalue weighted by Crippen LogP contribution is -2.38. The first-order chi connectivity index (χ1) is 9.78. The number of carbonyl (C=O) groups is 1. The van der Waals surface area contributed by atoms with E-state index in [1.54, 1.807) is 30.3 Å². The Labute approximate surface area is 125 Å². The number of hydrogen-bond donors (Lipinski definition) is 0. The van der Waals surface area contributed by atoms with Gasteiger partial charge in [0.05, 0.1) is 12.3 Å². The van der Waals surface area contributed by atoms with E-state index in [2.05, 4.69) is 0 Å². The molecule has 21 heavy (non-hydrogen) atoms. The van der Waals surface area contributed by atoms with Crippen LogP contribution in [0.4, 0.5) is 13.6 Å². The largest absolute Gasteiger partial charge is 0.445 e. The zero-order valence-electron chi connectivity index (χ0n) is 10.9. The summed E-state index contributed by atoms with van der Waals surface area (Å²) in [6.07, 6.45) is -3.81. The highest BCUT2D eigenvalue weighted by Gasteiger charge is 2.21. The lowest BCUT2D eigenvalue weighted by atomic mass is 10.2. The molecule has 0 bridgehead atoms. The van der Waals surface area contributed by atoms with Crippen molar-refractivity contribution in [2.45, 2.75) is 13.0 Å². The number of hydrogen-bond acceptors (Lipinski definition) is 4. The average molecular weight is 342 g/mol. The van der Waals surface area contributed by atoms with Gasteiger partial charge in [0.25, 0.3) is 6.43 Å². The summed E-state index contributed by atoms with van der Waals surface area (Å²) in [4.78, 5) is 12.3. The van der Waals surface area contributed by atoms with Crippen LogP contribution in [0.25, 0.3) is 0 Å². The fraction of sp³-hybridized carbons (Fsp3) is 0.417. The maximum atomic E-state index is 12.4. The quantitative estimate of drug-likeness (QED) is 0.715. The minimum absolute atomic E-state index is 0.0902. The first-order valence-corrected chi connectivity index (χ1v) is 8.42. The van der Waals surface area contributed by atoms with Crippen molar-refractivity contribution in [2.24, 2.45) is 0 Å². The number of rotatable bonds is 7. The van der Waals surface area contributed by atoms with Crippen molar-refractivity contribution in [2.75, 3.05) is 18.8 Å². The molecule has 0 unspecified atom stereocenters. The van der Waals surface area contributed by atoms with E-state index in [-0.39, 0.29) is 6.61 Å². The van der Waals surface area contributed by atoms with Gasteiger partial charge in [-0.15, -0.1) is 0 Å². The van der Waals surface area contributed by atoms with E-state index in [0.29, 0.717) is 10.5 Å². The molecular formula is C12H14ClF2NO4S. The van der Waals surface area contributed by atoms with Crippen LogP contribution in [-0.4, -0.2) is 44.7 Å². The molecule has 5 nitrogen and oxygen atoms in total. The molecule has 0 fully saturated rings. The van der Waals surface area contributed by atoms with Crippen LogP contribution in [0.5, 0.6) is 0 Å². The van der Waals surface area contributed by atoms with Gasteiger partial charge in [0.1, 0.15) is 6.61 Å². The normalized spacial score (nSPS) is 11.4. The Morgan fingerprint density at radius 2 is 1.90 bits per heavy atom. The molecule has 0 saturated heterocycles. The van der Waals surface area contributed by atoms with E-state index in [1.807, 2.05) is 0 Å². The average Bonchev–Trinajstić information content (AvgIpc) is 2.40. The van der Waals surface area contributed by atoms with E-state index < -0.39 is 40.4 Å². The number of carbonyl (C=O) groups excluding carboxylic acids is 1. The fourth-order valence-corrected chi connectivity index (χ4v) is 2.10. The Morgan fingerprint density at radius 1 is 1.29 bits per heavy atom. The van der Waals surface area contributed by atoms with E-state index in [0.717, 1.165) is 0 Å². The van der Waals surface area contributed by atoms with Gasteiger partial charge in [0.15, 0.2) is 0 Å². The minimum atomic E-state index is -3.88. The second kappa shape index (κ2) is 8.14. The van der Waals surface area contributed by atoms with Crippen molar-refractivity contribution in [3.63, 3.8) is 0 Å². The molecule has 0 aliphatic carbocycles. The maximum absolute atomic E-state index is 12.4. The molecule has 1 rings (SSSR count). The second-order valence-electron chi connectivity index (χ2n) is 4.12. The molecule has 0 radical (unpaired) electrons. The van der Waals surface area contributed by atoms with Crippen LogP contribution in [0.1, 0.15) is 5.56 Å². The summed E-state index contributed by atoms with van der Waals surface area (Å²) in [6, 6.07) is 8.65. The SMILES string of the molecule is O=C(OCc1ccccc1)N(CCS(=O)(=O)Cl)CC(F)F. The molecule has 0 N–H and O–H groups in total. The van der Waals surface area contributed by atoms with Gasteiger partial charge in [0, 0.05) is 17.2 Å². The number of benzene rings is 1. The van der Waals surface area contributed by atoms with Gasteiger partial charge >= 0.3 is 6.09 Å². The Morgan fingerprint density at radius 3 is 2.43 bits per heavy atom. The first kappa shape index (κ1) is 17.6. The Balaban J connectivity index is 2.58. The Kier molecular flexibility index (Phi) is 6.83. The molecule has 0 aliphatic heterocycles. The minimum Gasteiger partial charge on any atom is -0.445 e. The van der Waals surface area contributed by atoms with Crippen molar-refractivity contribution in [1.29, 1.82) is 0 Å².